The fourth-order valence-electron chi connectivity index (χ4n) is 3.19. The molecule has 5 nitrogen and oxygen atoms in total. The highest BCUT2D eigenvalue weighted by molar-refractivity contribution is 5.85. The van der Waals surface area contributed by atoms with Crippen LogP contribution in [0, 0.1) is 0 Å². The van der Waals surface area contributed by atoms with Crippen molar-refractivity contribution in [1.82, 2.24) is 14.8 Å². The Morgan fingerprint density at radius 2 is 2.05 bits per heavy atom. The van der Waals surface area contributed by atoms with Crippen LogP contribution in [0.2, 0.25) is 0 Å². The average Bonchev–Trinajstić information content (AvgIpc) is 2.49. The monoisotopic (exact) mass is 346 g/mol. The van der Waals surface area contributed by atoms with E-state index in [0.29, 0.717) is 18.2 Å². The molecule has 124 valence electrons. The smallest absolute Gasteiger partial charge is 0.228 e. The number of amides is 1. The number of rotatable bonds is 2. The number of nitrogens with zero attached hydrogens (tertiary/aromatic N) is 3. The lowest BCUT2D eigenvalue weighted by atomic mass is 9.99. The Morgan fingerprint density at radius 1 is 1.23 bits per heavy atom. The van der Waals surface area contributed by atoms with Gasteiger partial charge in [0.1, 0.15) is 0 Å². The third kappa shape index (κ3) is 4.48. The topological polar surface area (TPSA) is 62.5 Å². The number of hydrogen-bond donors (Lipinski definition) is 1. The maximum absolute atomic E-state index is 12.4. The van der Waals surface area contributed by atoms with Crippen LogP contribution < -0.4 is 5.73 Å². The molecule has 0 radical (unpaired) electrons. The van der Waals surface area contributed by atoms with Gasteiger partial charge in [0.05, 0.1) is 18.3 Å². The van der Waals surface area contributed by atoms with Gasteiger partial charge in [-0.2, -0.15) is 0 Å². The second-order valence-electron chi connectivity index (χ2n) is 5.78. The number of halogens is 2. The molecule has 3 rings (SSSR count). The van der Waals surface area contributed by atoms with Crippen LogP contribution in [0.1, 0.15) is 25.0 Å². The van der Waals surface area contributed by atoms with E-state index in [1.54, 1.807) is 12.3 Å². The Kier molecular flexibility index (Phi) is 7.39. The van der Waals surface area contributed by atoms with E-state index in [4.69, 9.17) is 5.73 Å². The maximum atomic E-state index is 12.4. The molecule has 2 saturated heterocycles. The molecule has 2 fully saturated rings. The molecule has 0 bridgehead atoms. The molecule has 3 heterocycles. The zero-order valence-corrected chi connectivity index (χ0v) is 14.2. The Morgan fingerprint density at radius 3 is 2.77 bits per heavy atom. The molecule has 1 aromatic heterocycles. The number of aromatic nitrogens is 1. The first-order valence-electron chi connectivity index (χ1n) is 7.44. The highest BCUT2D eigenvalue weighted by Gasteiger charge is 2.30. The van der Waals surface area contributed by atoms with Crippen molar-refractivity contribution >= 4 is 36.4 Å². The molecule has 22 heavy (non-hydrogen) atoms. The van der Waals surface area contributed by atoms with Gasteiger partial charge in [-0.05, 0) is 31.5 Å². The molecule has 1 amide bonds. The summed E-state index contributed by atoms with van der Waals surface area (Å²) in [5, 5.41) is 0. The minimum absolute atomic E-state index is 0. The molecule has 2 N–H and O–H groups in total. The lowest BCUT2D eigenvalue weighted by molar-refractivity contribution is -0.134. The molecule has 0 aliphatic carbocycles. The minimum Gasteiger partial charge on any atom is -0.397 e. The first-order chi connectivity index (χ1) is 9.72. The van der Waals surface area contributed by atoms with E-state index in [-0.39, 0.29) is 30.7 Å². The molecular weight excluding hydrogens is 323 g/mol. The molecule has 0 spiro atoms. The Balaban J connectivity index is 0.00000121. The van der Waals surface area contributed by atoms with E-state index < -0.39 is 0 Å². The number of anilines is 1. The second kappa shape index (κ2) is 8.56. The van der Waals surface area contributed by atoms with Crippen molar-refractivity contribution in [3.8, 4) is 0 Å². The van der Waals surface area contributed by atoms with E-state index in [0.717, 1.165) is 25.3 Å². The third-order valence-corrected chi connectivity index (χ3v) is 4.37. The summed E-state index contributed by atoms with van der Waals surface area (Å²) < 4.78 is 0. The lowest BCUT2D eigenvalue weighted by Crippen LogP contribution is -2.56. The van der Waals surface area contributed by atoms with Crippen molar-refractivity contribution in [2.75, 3.05) is 31.9 Å². The summed E-state index contributed by atoms with van der Waals surface area (Å²) in [6.45, 7) is 3.95. The molecule has 2 aliphatic heterocycles. The number of fused-ring (bicyclic) bond motifs is 1. The molecular formula is C15H24Cl2N4O. The number of carbonyl (C=O) groups is 1. The third-order valence-electron chi connectivity index (χ3n) is 4.37. The first-order valence-corrected chi connectivity index (χ1v) is 7.44. The molecule has 7 heteroatoms. The van der Waals surface area contributed by atoms with Crippen molar-refractivity contribution < 1.29 is 4.79 Å². The molecule has 1 atom stereocenters. The van der Waals surface area contributed by atoms with Crippen LogP contribution in [-0.2, 0) is 11.2 Å². The molecule has 1 aromatic rings. The molecule has 1 unspecified atom stereocenters. The van der Waals surface area contributed by atoms with Gasteiger partial charge >= 0.3 is 0 Å². The standard InChI is InChI=1S/C15H22N4O.2ClH/c16-12-4-5-13(17-10-12)9-15(20)19-8-7-18-6-2-1-3-14(18)11-19;;/h4-5,10,14H,1-3,6-9,11,16H2;2*1H. The quantitative estimate of drug-likeness (QED) is 0.885. The Bertz CT molecular complexity index is 483. The van der Waals surface area contributed by atoms with Crippen molar-refractivity contribution in [2.45, 2.75) is 31.7 Å². The maximum Gasteiger partial charge on any atom is 0.228 e. The van der Waals surface area contributed by atoms with Crippen LogP contribution in [0.5, 0.6) is 0 Å². The van der Waals surface area contributed by atoms with E-state index >= 15 is 0 Å². The van der Waals surface area contributed by atoms with Crippen molar-refractivity contribution in [3.63, 3.8) is 0 Å². The summed E-state index contributed by atoms with van der Waals surface area (Å²) in [6, 6.07) is 4.21. The van der Waals surface area contributed by atoms with Crippen LogP contribution in [0.15, 0.2) is 18.3 Å². The highest BCUT2D eigenvalue weighted by atomic mass is 35.5. The summed E-state index contributed by atoms with van der Waals surface area (Å²) in [6.07, 6.45) is 5.82. The predicted octanol–water partition coefficient (Wildman–Crippen LogP) is 1.75. The van der Waals surface area contributed by atoms with Gasteiger partial charge in [-0.3, -0.25) is 14.7 Å². The predicted molar refractivity (Wildman–Crippen MR) is 92.6 cm³/mol. The fraction of sp³-hybridized carbons (Fsp3) is 0.600. The zero-order chi connectivity index (χ0) is 13.9. The van der Waals surface area contributed by atoms with Gasteiger partial charge in [0, 0.05) is 31.4 Å². The van der Waals surface area contributed by atoms with E-state index in [1.807, 2.05) is 11.0 Å². The normalized spacial score (nSPS) is 21.3. The van der Waals surface area contributed by atoms with Crippen LogP contribution in [0.4, 0.5) is 5.69 Å². The zero-order valence-electron chi connectivity index (χ0n) is 12.6. The average molecular weight is 347 g/mol. The number of carbonyl (C=O) groups excluding carboxylic acids is 1. The van der Waals surface area contributed by atoms with E-state index in [2.05, 4.69) is 9.88 Å². The summed E-state index contributed by atoms with van der Waals surface area (Å²) in [5.41, 5.74) is 7.05. The summed E-state index contributed by atoms with van der Waals surface area (Å²) in [7, 11) is 0. The number of hydrogen-bond acceptors (Lipinski definition) is 4. The van der Waals surface area contributed by atoms with Gasteiger partial charge in [0.2, 0.25) is 5.91 Å². The second-order valence-corrected chi connectivity index (χ2v) is 5.78. The number of pyridine rings is 1. The van der Waals surface area contributed by atoms with Crippen LogP contribution in [0.3, 0.4) is 0 Å². The van der Waals surface area contributed by atoms with E-state index in [9.17, 15) is 4.79 Å². The highest BCUT2D eigenvalue weighted by Crippen LogP contribution is 2.21. The van der Waals surface area contributed by atoms with Crippen LogP contribution >= 0.6 is 24.8 Å². The number of piperazine rings is 1. The van der Waals surface area contributed by atoms with Gasteiger partial charge in [0.25, 0.3) is 0 Å². The summed E-state index contributed by atoms with van der Waals surface area (Å²) >= 11 is 0. The number of nitrogens with two attached hydrogens (primary N) is 1. The van der Waals surface area contributed by atoms with Gasteiger partial charge < -0.3 is 10.6 Å². The van der Waals surface area contributed by atoms with Gasteiger partial charge in [-0.15, -0.1) is 24.8 Å². The Hall–Kier alpha value is -1.04. The van der Waals surface area contributed by atoms with Crippen molar-refractivity contribution in [3.05, 3.63) is 24.0 Å². The molecule has 0 aromatic carbocycles. The molecule has 2 aliphatic rings. The van der Waals surface area contributed by atoms with E-state index in [1.165, 1.54) is 25.8 Å². The van der Waals surface area contributed by atoms with Crippen LogP contribution in [-0.4, -0.2) is 52.9 Å². The van der Waals surface area contributed by atoms with Gasteiger partial charge in [-0.25, -0.2) is 0 Å². The number of piperidine rings is 1. The van der Waals surface area contributed by atoms with Crippen molar-refractivity contribution in [1.29, 1.82) is 0 Å². The summed E-state index contributed by atoms with van der Waals surface area (Å²) in [5.74, 6) is 0.187. The Labute approximate surface area is 144 Å². The van der Waals surface area contributed by atoms with Crippen LogP contribution in [0.25, 0.3) is 0 Å². The minimum atomic E-state index is 0. The van der Waals surface area contributed by atoms with Gasteiger partial charge in [-0.1, -0.05) is 6.42 Å². The summed E-state index contributed by atoms with van der Waals surface area (Å²) in [4.78, 5) is 21.1. The fourth-order valence-corrected chi connectivity index (χ4v) is 3.19. The first kappa shape index (κ1) is 19.0. The SMILES string of the molecule is Cl.Cl.Nc1ccc(CC(=O)N2CCN3CCCCC3C2)nc1. The number of nitrogen functional groups attached to an aromatic ring is 1. The molecule has 0 saturated carbocycles. The van der Waals surface area contributed by atoms with Crippen molar-refractivity contribution in [2.24, 2.45) is 0 Å². The van der Waals surface area contributed by atoms with Gasteiger partial charge in [0.15, 0.2) is 0 Å². The largest absolute Gasteiger partial charge is 0.397 e. The lowest BCUT2D eigenvalue weighted by Gasteiger charge is -2.44.